The van der Waals surface area contributed by atoms with Gasteiger partial charge in [-0.3, -0.25) is 4.79 Å². The fraction of sp³-hybridized carbons (Fsp3) is 0.667. The van der Waals surface area contributed by atoms with E-state index in [9.17, 15) is 19.7 Å². The highest BCUT2D eigenvalue weighted by molar-refractivity contribution is 5.77. The number of rotatable bonds is 19. The van der Waals surface area contributed by atoms with Crippen molar-refractivity contribution in [3.63, 3.8) is 0 Å². The molecular formula is C30H52N2O6. The van der Waals surface area contributed by atoms with E-state index in [0.717, 1.165) is 5.92 Å². The van der Waals surface area contributed by atoms with Crippen molar-refractivity contribution in [3.8, 4) is 0 Å². The van der Waals surface area contributed by atoms with Crippen LogP contribution in [0.4, 0.5) is 0 Å². The molecule has 1 rings (SSSR count). The summed E-state index contributed by atoms with van der Waals surface area (Å²) in [6.07, 6.45) is 19.6. The molecule has 0 heterocycles. The van der Waals surface area contributed by atoms with Crippen molar-refractivity contribution in [2.75, 3.05) is 13.2 Å². The number of benzene rings is 1. The quantitative estimate of drug-likeness (QED) is 0.0498. The summed E-state index contributed by atoms with van der Waals surface area (Å²) >= 11 is 0. The van der Waals surface area contributed by atoms with Crippen LogP contribution in [-0.4, -0.2) is 36.7 Å². The highest BCUT2D eigenvalue weighted by atomic mass is 17.0. The van der Waals surface area contributed by atoms with Crippen molar-refractivity contribution in [1.82, 2.24) is 5.32 Å². The van der Waals surface area contributed by atoms with Gasteiger partial charge in [-0.1, -0.05) is 115 Å². The van der Waals surface area contributed by atoms with Gasteiger partial charge in [-0.25, -0.2) is 4.79 Å². The second-order valence-corrected chi connectivity index (χ2v) is 9.09. The van der Waals surface area contributed by atoms with E-state index in [1.54, 1.807) is 0 Å². The van der Waals surface area contributed by atoms with Crippen molar-refractivity contribution in [2.24, 2.45) is 5.92 Å². The molecule has 0 saturated heterocycles. The van der Waals surface area contributed by atoms with Crippen LogP contribution in [0.15, 0.2) is 42.5 Å². The molecule has 1 aromatic carbocycles. The fourth-order valence-corrected chi connectivity index (χ4v) is 3.58. The molecule has 8 heteroatoms. The minimum atomic E-state index is -0.985. The van der Waals surface area contributed by atoms with E-state index in [1.807, 2.05) is 0 Å². The molecule has 0 fully saturated rings. The molecule has 0 aliphatic carbocycles. The Labute approximate surface area is 230 Å². The van der Waals surface area contributed by atoms with E-state index < -0.39 is 17.1 Å². The largest absolute Gasteiger partial charge is 0.462 e. The molecule has 0 saturated carbocycles. The third kappa shape index (κ3) is 26.2. The first-order valence-corrected chi connectivity index (χ1v) is 14.1. The highest BCUT2D eigenvalue weighted by Crippen LogP contribution is 2.19. The van der Waals surface area contributed by atoms with E-state index in [-0.39, 0.29) is 13.2 Å². The van der Waals surface area contributed by atoms with Gasteiger partial charge in [-0.15, -0.1) is 10.1 Å². The summed E-state index contributed by atoms with van der Waals surface area (Å²) in [6.45, 7) is 9.78. The Kier molecular flexibility index (Phi) is 28.1. The van der Waals surface area contributed by atoms with Crippen LogP contribution in [0, 0.1) is 16.0 Å². The summed E-state index contributed by atoms with van der Waals surface area (Å²) in [7, 11) is 0. The predicted molar refractivity (Wildman–Crippen MR) is 154 cm³/mol. The predicted octanol–water partition coefficient (Wildman–Crippen LogP) is 7.24. The lowest BCUT2D eigenvalue weighted by atomic mass is 9.93. The van der Waals surface area contributed by atoms with Gasteiger partial charge >= 0.3 is 5.97 Å². The molecule has 1 aromatic rings. The Bertz CT molecular complexity index is 712. The standard InChI is InChI=1S/C17H28.C7H14.C6H10N2O6/c1-3-11-16(4-2)12-7-5-8-13-17-14-9-6-10-15-17;1-3-5-7-6-4-2;1-5(7-4-9)6(10)13-2-3-14-8(11)12/h6,9-10,14-16H,3-5,7-8,11-13H2,1-2H3;3,5H,4,6-7H2,1-2H3;4-5H,2-3H2,1H3,(H,7,9)/b;5-3-;. The number of hydrogen-bond acceptors (Lipinski definition) is 6. The number of hydrogen-bond donors (Lipinski definition) is 1. The monoisotopic (exact) mass is 536 g/mol. The van der Waals surface area contributed by atoms with Gasteiger partial charge in [-0.05, 0) is 44.6 Å². The van der Waals surface area contributed by atoms with Gasteiger partial charge in [0.25, 0.3) is 5.09 Å². The zero-order valence-corrected chi connectivity index (χ0v) is 24.4. The van der Waals surface area contributed by atoms with Crippen molar-refractivity contribution in [3.05, 3.63) is 58.2 Å². The molecule has 1 N–H and O–H groups in total. The fourth-order valence-electron chi connectivity index (χ4n) is 3.58. The number of carbonyl (C=O) groups is 2. The SMILES string of the molecule is C/C=C\CCCC.CC(NC=O)C(=O)OCCO[N+](=O)[O-].CCCC(CC)CCCCCc1ccccc1. The maximum absolute atomic E-state index is 10.9. The third-order valence-electron chi connectivity index (χ3n) is 5.85. The summed E-state index contributed by atoms with van der Waals surface area (Å²) in [4.78, 5) is 34.4. The molecule has 0 radical (unpaired) electrons. The van der Waals surface area contributed by atoms with Crippen LogP contribution in [-0.2, 0) is 25.6 Å². The minimum absolute atomic E-state index is 0.231. The summed E-state index contributed by atoms with van der Waals surface area (Å²) in [5.41, 5.74) is 1.49. The smallest absolute Gasteiger partial charge is 0.328 e. The Morgan fingerprint density at radius 1 is 1.03 bits per heavy atom. The Balaban J connectivity index is 0. The number of nitrogens with zero attached hydrogens (tertiary/aromatic N) is 1. The molecule has 0 bridgehead atoms. The van der Waals surface area contributed by atoms with Crippen LogP contribution >= 0.6 is 0 Å². The Morgan fingerprint density at radius 3 is 2.29 bits per heavy atom. The first kappa shape index (κ1) is 37.3. The number of ether oxygens (including phenoxy) is 1. The van der Waals surface area contributed by atoms with Crippen molar-refractivity contribution in [1.29, 1.82) is 0 Å². The lowest BCUT2D eigenvalue weighted by Crippen LogP contribution is -2.34. The van der Waals surface area contributed by atoms with Gasteiger partial charge in [0.05, 0.1) is 0 Å². The molecule has 2 atom stereocenters. The summed E-state index contributed by atoms with van der Waals surface area (Å²) < 4.78 is 4.52. The average molecular weight is 537 g/mol. The van der Waals surface area contributed by atoms with Crippen molar-refractivity contribution < 1.29 is 24.3 Å². The number of allylic oxidation sites excluding steroid dienone is 2. The lowest BCUT2D eigenvalue weighted by molar-refractivity contribution is -0.757. The maximum atomic E-state index is 10.9. The van der Waals surface area contributed by atoms with Crippen LogP contribution in [0.2, 0.25) is 0 Å². The molecule has 0 aliphatic rings. The van der Waals surface area contributed by atoms with E-state index in [2.05, 4.69) is 85.1 Å². The molecular weight excluding hydrogens is 484 g/mol. The number of esters is 1. The van der Waals surface area contributed by atoms with Crippen LogP contribution in [0.3, 0.4) is 0 Å². The second kappa shape index (κ2) is 28.7. The van der Waals surface area contributed by atoms with Crippen LogP contribution in [0.1, 0.15) is 104 Å². The molecule has 0 spiro atoms. The topological polar surface area (TPSA) is 108 Å². The second-order valence-electron chi connectivity index (χ2n) is 9.09. The number of nitrogens with one attached hydrogen (secondary N) is 1. The number of amides is 1. The third-order valence-corrected chi connectivity index (χ3v) is 5.85. The Morgan fingerprint density at radius 2 is 1.74 bits per heavy atom. The van der Waals surface area contributed by atoms with Gasteiger partial charge in [0.2, 0.25) is 6.41 Å². The molecule has 8 nitrogen and oxygen atoms in total. The van der Waals surface area contributed by atoms with Gasteiger partial charge in [0.15, 0.2) is 0 Å². The van der Waals surface area contributed by atoms with Crippen molar-refractivity contribution >= 4 is 12.4 Å². The number of aryl methyl sites for hydroxylation is 1. The summed E-state index contributed by atoms with van der Waals surface area (Å²) in [6, 6.07) is 10.1. The van der Waals surface area contributed by atoms with Gasteiger partial charge in [-0.2, -0.15) is 0 Å². The molecule has 0 aromatic heterocycles. The molecule has 0 aliphatic heterocycles. The zero-order chi connectivity index (χ0) is 28.9. The first-order chi connectivity index (χ1) is 18.4. The molecule has 38 heavy (non-hydrogen) atoms. The van der Waals surface area contributed by atoms with Gasteiger partial charge in [0.1, 0.15) is 19.3 Å². The highest BCUT2D eigenvalue weighted by Gasteiger charge is 2.12. The minimum Gasteiger partial charge on any atom is -0.462 e. The maximum Gasteiger partial charge on any atom is 0.328 e. The van der Waals surface area contributed by atoms with Crippen molar-refractivity contribution in [2.45, 2.75) is 111 Å². The number of carbonyl (C=O) groups excluding carboxylic acids is 2. The molecule has 218 valence electrons. The summed E-state index contributed by atoms with van der Waals surface area (Å²) in [5.74, 6) is 0.306. The van der Waals surface area contributed by atoms with Gasteiger partial charge < -0.3 is 14.9 Å². The van der Waals surface area contributed by atoms with Crippen LogP contribution < -0.4 is 5.32 Å². The average Bonchev–Trinajstić information content (AvgIpc) is 2.92. The molecule has 2 unspecified atom stereocenters. The number of unbranched alkanes of at least 4 members (excludes halogenated alkanes) is 4. The normalized spacial score (nSPS) is 11.7. The van der Waals surface area contributed by atoms with Gasteiger partial charge in [0, 0.05) is 0 Å². The van der Waals surface area contributed by atoms with Crippen LogP contribution in [0.5, 0.6) is 0 Å². The van der Waals surface area contributed by atoms with E-state index >= 15 is 0 Å². The summed E-state index contributed by atoms with van der Waals surface area (Å²) in [5, 5.41) is 10.8. The van der Waals surface area contributed by atoms with E-state index in [0.29, 0.717) is 6.41 Å². The van der Waals surface area contributed by atoms with Crippen LogP contribution in [0.25, 0.3) is 0 Å². The first-order valence-electron chi connectivity index (χ1n) is 14.1. The van der Waals surface area contributed by atoms with E-state index in [4.69, 9.17) is 0 Å². The van der Waals surface area contributed by atoms with E-state index in [1.165, 1.54) is 83.1 Å². The lowest BCUT2D eigenvalue weighted by Gasteiger charge is -2.13. The molecule has 1 amide bonds. The Hall–Kier alpha value is -2.90. The zero-order valence-electron chi connectivity index (χ0n) is 24.4.